The fourth-order valence-corrected chi connectivity index (χ4v) is 11.5. The zero-order chi connectivity index (χ0) is 28.9. The van der Waals surface area contributed by atoms with Crippen LogP contribution in [0.4, 0.5) is 5.69 Å². The van der Waals surface area contributed by atoms with Gasteiger partial charge in [0.2, 0.25) is 10.0 Å². The van der Waals surface area contributed by atoms with E-state index in [0.29, 0.717) is 39.1 Å². The van der Waals surface area contributed by atoms with E-state index in [0.717, 1.165) is 24.0 Å². The minimum absolute atomic E-state index is 0.0201. The van der Waals surface area contributed by atoms with E-state index in [1.54, 1.807) is 52.0 Å². The predicted octanol–water partition coefficient (Wildman–Crippen LogP) is 4.91. The standard InChI is InChI=1S/C28H34N2O6S3/c1-19-15-21(3)27(22(4)16-19)38(33,34)30(39(35,36)28-23(5)17-20(2)18-24(28)6)25-9-11-26(12-10-25)37(31,32)29-13-7-8-14-29/h9-12,15-18H,7-8,13-14H2,1-6H3. The van der Waals surface area contributed by atoms with Crippen LogP contribution in [0.2, 0.25) is 0 Å². The van der Waals surface area contributed by atoms with Crippen LogP contribution in [0.5, 0.6) is 0 Å². The molecule has 1 saturated heterocycles. The molecule has 3 aromatic carbocycles. The Bertz CT molecular complexity index is 1620. The molecule has 0 N–H and O–H groups in total. The zero-order valence-electron chi connectivity index (χ0n) is 23.0. The molecule has 210 valence electrons. The normalized spacial score (nSPS) is 15.0. The average molecular weight is 591 g/mol. The number of hydrogen-bond donors (Lipinski definition) is 0. The van der Waals surface area contributed by atoms with E-state index in [2.05, 4.69) is 0 Å². The molecule has 0 spiro atoms. The Hall–Kier alpha value is -2.73. The van der Waals surface area contributed by atoms with Crippen molar-refractivity contribution in [1.82, 2.24) is 4.31 Å². The molecule has 0 aromatic heterocycles. The summed E-state index contributed by atoms with van der Waals surface area (Å²) in [5, 5.41) is 0. The van der Waals surface area contributed by atoms with E-state index in [9.17, 15) is 25.3 Å². The number of benzene rings is 3. The van der Waals surface area contributed by atoms with Crippen molar-refractivity contribution in [1.29, 1.82) is 0 Å². The van der Waals surface area contributed by atoms with Gasteiger partial charge in [0, 0.05) is 13.1 Å². The van der Waals surface area contributed by atoms with Crippen molar-refractivity contribution in [3.05, 3.63) is 81.9 Å². The van der Waals surface area contributed by atoms with Crippen molar-refractivity contribution in [2.45, 2.75) is 69.1 Å². The number of anilines is 1. The van der Waals surface area contributed by atoms with Gasteiger partial charge >= 0.3 is 0 Å². The van der Waals surface area contributed by atoms with Gasteiger partial charge in [-0.15, -0.1) is 0 Å². The fraction of sp³-hybridized carbons (Fsp3) is 0.357. The maximum Gasteiger partial charge on any atom is 0.278 e. The predicted molar refractivity (Wildman–Crippen MR) is 153 cm³/mol. The van der Waals surface area contributed by atoms with E-state index in [-0.39, 0.29) is 20.4 Å². The van der Waals surface area contributed by atoms with Gasteiger partial charge < -0.3 is 0 Å². The van der Waals surface area contributed by atoms with E-state index < -0.39 is 30.1 Å². The van der Waals surface area contributed by atoms with E-state index in [1.165, 1.54) is 28.6 Å². The summed E-state index contributed by atoms with van der Waals surface area (Å²) in [6, 6.07) is 11.8. The second-order valence-electron chi connectivity index (χ2n) is 10.3. The third kappa shape index (κ3) is 5.25. The number of nitrogens with zero attached hydrogens (tertiary/aromatic N) is 2. The second-order valence-corrected chi connectivity index (χ2v) is 15.9. The Kier molecular flexibility index (Phi) is 7.76. The molecule has 0 amide bonds. The summed E-state index contributed by atoms with van der Waals surface area (Å²) in [4.78, 5) is -0.228. The Morgan fingerprint density at radius 3 is 1.31 bits per heavy atom. The summed E-state index contributed by atoms with van der Waals surface area (Å²) in [6.07, 6.45) is 1.54. The lowest BCUT2D eigenvalue weighted by Gasteiger charge is -2.27. The van der Waals surface area contributed by atoms with Crippen molar-refractivity contribution >= 4 is 35.8 Å². The van der Waals surface area contributed by atoms with Crippen LogP contribution in [0.3, 0.4) is 0 Å². The minimum atomic E-state index is -4.66. The van der Waals surface area contributed by atoms with Gasteiger partial charge in [-0.25, -0.2) is 8.42 Å². The lowest BCUT2D eigenvalue weighted by Crippen LogP contribution is -2.38. The first-order valence-corrected chi connectivity index (χ1v) is 17.0. The molecule has 11 heteroatoms. The van der Waals surface area contributed by atoms with E-state index >= 15 is 0 Å². The van der Waals surface area contributed by atoms with Crippen LogP contribution in [0.1, 0.15) is 46.2 Å². The maximum absolute atomic E-state index is 14.3. The SMILES string of the molecule is Cc1cc(C)c(S(=O)(=O)N(c2ccc(S(=O)(=O)N3CCCC3)cc2)S(=O)(=O)c2c(C)cc(C)cc2C)c(C)c1. The number of hydrogen-bond acceptors (Lipinski definition) is 6. The molecular weight excluding hydrogens is 557 g/mol. The summed E-state index contributed by atoms with van der Waals surface area (Å²) in [7, 11) is -13.1. The third-order valence-electron chi connectivity index (χ3n) is 6.91. The highest BCUT2D eigenvalue weighted by Crippen LogP contribution is 2.37. The Morgan fingerprint density at radius 2 is 0.949 bits per heavy atom. The summed E-state index contributed by atoms with van der Waals surface area (Å²) in [6.45, 7) is 11.0. The molecule has 1 fully saturated rings. The first-order chi connectivity index (χ1) is 18.1. The quantitative estimate of drug-likeness (QED) is 0.387. The molecule has 0 atom stereocenters. The first-order valence-electron chi connectivity index (χ1n) is 12.6. The van der Waals surface area contributed by atoms with Gasteiger partial charge in [0.25, 0.3) is 20.0 Å². The van der Waals surface area contributed by atoms with Crippen LogP contribution in [0.15, 0.2) is 63.2 Å². The van der Waals surface area contributed by atoms with Gasteiger partial charge in [-0.2, -0.15) is 24.9 Å². The van der Waals surface area contributed by atoms with Gasteiger partial charge in [-0.1, -0.05) is 35.4 Å². The molecule has 4 rings (SSSR count). The van der Waals surface area contributed by atoms with E-state index in [4.69, 9.17) is 0 Å². The minimum Gasteiger partial charge on any atom is -0.207 e. The first kappa shape index (κ1) is 29.3. The topological polar surface area (TPSA) is 109 Å². The largest absolute Gasteiger partial charge is 0.278 e. The van der Waals surface area contributed by atoms with Gasteiger partial charge in [-0.3, -0.25) is 0 Å². The fourth-order valence-electron chi connectivity index (χ4n) is 5.54. The van der Waals surface area contributed by atoms with Gasteiger partial charge in [0.1, 0.15) is 0 Å². The zero-order valence-corrected chi connectivity index (χ0v) is 25.5. The van der Waals surface area contributed by atoms with Crippen LogP contribution in [0, 0.1) is 41.5 Å². The van der Waals surface area contributed by atoms with Crippen molar-refractivity contribution in [3.8, 4) is 0 Å². The molecule has 3 aromatic rings. The third-order valence-corrected chi connectivity index (χ3v) is 13.6. The number of sulfonamides is 3. The maximum atomic E-state index is 14.3. The van der Waals surface area contributed by atoms with Crippen LogP contribution in [0.25, 0.3) is 0 Å². The van der Waals surface area contributed by atoms with Crippen molar-refractivity contribution in [3.63, 3.8) is 0 Å². The van der Waals surface area contributed by atoms with E-state index in [1.807, 2.05) is 13.8 Å². The summed E-state index contributed by atoms with van der Waals surface area (Å²) < 4.78 is 85.2. The highest BCUT2D eigenvalue weighted by molar-refractivity contribution is 8.10. The molecule has 0 unspecified atom stereocenters. The van der Waals surface area contributed by atoms with Gasteiger partial charge in [0.05, 0.1) is 20.4 Å². The van der Waals surface area contributed by atoms with Gasteiger partial charge in [0.15, 0.2) is 0 Å². The molecule has 1 aliphatic heterocycles. The smallest absolute Gasteiger partial charge is 0.207 e. The lowest BCUT2D eigenvalue weighted by atomic mass is 10.1. The van der Waals surface area contributed by atoms with Crippen LogP contribution < -0.4 is 3.71 Å². The van der Waals surface area contributed by atoms with Crippen LogP contribution in [-0.2, 0) is 30.1 Å². The Labute approximate surface area is 232 Å². The van der Waals surface area contributed by atoms with Crippen molar-refractivity contribution in [2.75, 3.05) is 16.8 Å². The monoisotopic (exact) mass is 590 g/mol. The summed E-state index contributed by atoms with van der Waals surface area (Å²) >= 11 is 0. The number of aryl methyl sites for hydroxylation is 6. The molecule has 0 bridgehead atoms. The average Bonchev–Trinajstić information content (AvgIpc) is 3.33. The highest BCUT2D eigenvalue weighted by Gasteiger charge is 2.40. The molecule has 0 radical (unpaired) electrons. The molecule has 1 heterocycles. The Morgan fingerprint density at radius 1 is 0.590 bits per heavy atom. The molecule has 1 aliphatic rings. The highest BCUT2D eigenvalue weighted by atomic mass is 32.3. The summed E-state index contributed by atoms with van der Waals surface area (Å²) in [5.41, 5.74) is 3.18. The molecule has 39 heavy (non-hydrogen) atoms. The molecule has 0 aliphatic carbocycles. The molecule has 0 saturated carbocycles. The van der Waals surface area contributed by atoms with Crippen molar-refractivity contribution < 1.29 is 25.3 Å². The second kappa shape index (κ2) is 10.3. The van der Waals surface area contributed by atoms with Crippen LogP contribution in [-0.4, -0.2) is 42.6 Å². The Balaban J connectivity index is 1.97. The number of rotatable bonds is 7. The van der Waals surface area contributed by atoms with Crippen molar-refractivity contribution in [2.24, 2.45) is 0 Å². The van der Waals surface area contributed by atoms with Gasteiger partial charge in [-0.05, 0) is 101 Å². The molecule has 8 nitrogen and oxygen atoms in total. The lowest BCUT2D eigenvalue weighted by molar-refractivity contribution is 0.477. The molecular formula is C28H34N2O6S3. The summed E-state index contributed by atoms with van der Waals surface area (Å²) in [5.74, 6) is 0. The van der Waals surface area contributed by atoms with Crippen LogP contribution >= 0.6 is 0 Å².